The van der Waals surface area contributed by atoms with E-state index in [1.54, 1.807) is 55.0 Å². The predicted octanol–water partition coefficient (Wildman–Crippen LogP) is 2.60. The number of aromatic nitrogens is 2. The molecule has 2 aromatic carbocycles. The molecule has 156 valence electrons. The number of carbonyl (C=O) groups excluding carboxylic acids is 2. The molecule has 0 spiro atoms. The molecule has 3 aromatic rings. The van der Waals surface area contributed by atoms with E-state index in [-0.39, 0.29) is 24.8 Å². The molecule has 0 fully saturated rings. The zero-order valence-electron chi connectivity index (χ0n) is 17.2. The number of ether oxygens (including phenoxy) is 1. The van der Waals surface area contributed by atoms with E-state index in [0.717, 1.165) is 11.3 Å². The van der Waals surface area contributed by atoms with E-state index < -0.39 is 5.54 Å². The molecule has 0 aliphatic carbocycles. The molecule has 2 N–H and O–H groups in total. The second kappa shape index (κ2) is 7.95. The monoisotopic (exact) mass is 415 g/mol. The number of nitriles is 1. The van der Waals surface area contributed by atoms with Crippen LogP contribution in [0.2, 0.25) is 0 Å². The smallest absolute Gasteiger partial charge is 0.251 e. The van der Waals surface area contributed by atoms with Gasteiger partial charge in [0.1, 0.15) is 23.1 Å². The second-order valence-electron chi connectivity index (χ2n) is 7.52. The van der Waals surface area contributed by atoms with Gasteiger partial charge >= 0.3 is 0 Å². The van der Waals surface area contributed by atoms with Gasteiger partial charge in [-0.05, 0) is 42.8 Å². The number of benzene rings is 2. The predicted molar refractivity (Wildman–Crippen MR) is 112 cm³/mol. The molecule has 8 nitrogen and oxygen atoms in total. The Hall–Kier alpha value is -4.12. The number of imidazole rings is 1. The number of hydrogen-bond donors (Lipinski definition) is 2. The van der Waals surface area contributed by atoms with Crippen molar-refractivity contribution in [1.29, 1.82) is 5.26 Å². The van der Waals surface area contributed by atoms with Gasteiger partial charge in [0.25, 0.3) is 5.91 Å². The Kier molecular flexibility index (Phi) is 5.17. The first-order valence-corrected chi connectivity index (χ1v) is 9.79. The highest BCUT2D eigenvalue weighted by Crippen LogP contribution is 2.34. The zero-order chi connectivity index (χ0) is 22.0. The summed E-state index contributed by atoms with van der Waals surface area (Å²) in [7, 11) is 1.85. The van der Waals surface area contributed by atoms with E-state index in [4.69, 9.17) is 4.74 Å². The Balaban J connectivity index is 1.89. The van der Waals surface area contributed by atoms with Crippen molar-refractivity contribution >= 4 is 11.8 Å². The molecule has 1 unspecified atom stereocenters. The van der Waals surface area contributed by atoms with Gasteiger partial charge in [-0.25, -0.2) is 4.98 Å². The van der Waals surface area contributed by atoms with Crippen molar-refractivity contribution in [2.75, 3.05) is 6.54 Å². The third-order valence-electron chi connectivity index (χ3n) is 5.36. The maximum Gasteiger partial charge on any atom is 0.251 e. The molecule has 4 rings (SSSR count). The molecule has 31 heavy (non-hydrogen) atoms. The summed E-state index contributed by atoms with van der Waals surface area (Å²) in [6.45, 7) is 2.06. The fraction of sp³-hybridized carbons (Fsp3) is 0.217. The molecule has 0 radical (unpaired) electrons. The van der Waals surface area contributed by atoms with Crippen molar-refractivity contribution in [1.82, 2.24) is 20.2 Å². The van der Waals surface area contributed by atoms with Gasteiger partial charge in [-0.15, -0.1) is 0 Å². The van der Waals surface area contributed by atoms with Crippen molar-refractivity contribution in [3.8, 4) is 17.6 Å². The summed E-state index contributed by atoms with van der Waals surface area (Å²) in [6, 6.07) is 14.0. The van der Waals surface area contributed by atoms with Crippen molar-refractivity contribution in [3.05, 3.63) is 77.4 Å². The van der Waals surface area contributed by atoms with Crippen LogP contribution in [0.3, 0.4) is 0 Å². The molecule has 1 aliphatic heterocycles. The van der Waals surface area contributed by atoms with Crippen molar-refractivity contribution < 1.29 is 14.3 Å². The van der Waals surface area contributed by atoms with Gasteiger partial charge in [-0.3, -0.25) is 9.59 Å². The Bertz CT molecular complexity index is 1210. The zero-order valence-corrected chi connectivity index (χ0v) is 17.2. The van der Waals surface area contributed by atoms with Gasteiger partial charge in [-0.2, -0.15) is 5.26 Å². The van der Waals surface area contributed by atoms with E-state index in [1.807, 2.05) is 18.5 Å². The molecule has 2 amide bonds. The normalized spacial score (nSPS) is 18.7. The standard InChI is InChI=1S/C23H21N5O3/c1-23(20-13-25-14-28(20)2)17-7-6-16(12-24)19(11-17)31-18-5-3-4-15(10-18)22(30)26-9-8-21(29)27-23/h3-7,10-11,13-14H,8-9H2,1-2H3,(H,26,30)(H,27,29). The lowest BCUT2D eigenvalue weighted by Gasteiger charge is -2.32. The number of carbonyl (C=O) groups is 2. The van der Waals surface area contributed by atoms with Crippen LogP contribution in [-0.4, -0.2) is 27.9 Å². The summed E-state index contributed by atoms with van der Waals surface area (Å²) in [5, 5.41) is 15.4. The quantitative estimate of drug-likeness (QED) is 0.635. The van der Waals surface area contributed by atoms with Gasteiger partial charge < -0.3 is 19.9 Å². The van der Waals surface area contributed by atoms with Crippen LogP contribution in [0.15, 0.2) is 55.0 Å². The topological polar surface area (TPSA) is 109 Å². The van der Waals surface area contributed by atoms with Crippen LogP contribution in [-0.2, 0) is 17.4 Å². The fourth-order valence-corrected chi connectivity index (χ4v) is 3.69. The average molecular weight is 415 g/mol. The number of nitrogens with one attached hydrogen (secondary N) is 2. The summed E-state index contributed by atoms with van der Waals surface area (Å²) < 4.78 is 7.83. The van der Waals surface area contributed by atoms with E-state index in [2.05, 4.69) is 21.7 Å². The lowest BCUT2D eigenvalue weighted by atomic mass is 9.87. The molecule has 1 aliphatic rings. The van der Waals surface area contributed by atoms with E-state index in [1.165, 1.54) is 0 Å². The lowest BCUT2D eigenvalue weighted by Crippen LogP contribution is -2.46. The number of rotatable bonds is 1. The Morgan fingerprint density at radius 1 is 1.23 bits per heavy atom. The molecule has 8 heteroatoms. The van der Waals surface area contributed by atoms with Crippen LogP contribution >= 0.6 is 0 Å². The van der Waals surface area contributed by atoms with Crippen LogP contribution in [0.1, 0.15) is 40.5 Å². The number of hydrogen-bond acceptors (Lipinski definition) is 5. The van der Waals surface area contributed by atoms with Crippen LogP contribution < -0.4 is 15.4 Å². The summed E-state index contributed by atoms with van der Waals surface area (Å²) in [5.41, 5.74) is 1.30. The Morgan fingerprint density at radius 3 is 2.81 bits per heavy atom. The molecule has 0 saturated heterocycles. The van der Waals surface area contributed by atoms with E-state index >= 15 is 0 Å². The third kappa shape index (κ3) is 3.85. The van der Waals surface area contributed by atoms with Crippen LogP contribution in [0.25, 0.3) is 0 Å². The highest BCUT2D eigenvalue weighted by Gasteiger charge is 2.34. The minimum absolute atomic E-state index is 0.110. The molecule has 2 heterocycles. The van der Waals surface area contributed by atoms with Crippen molar-refractivity contribution in [3.63, 3.8) is 0 Å². The first-order valence-electron chi connectivity index (χ1n) is 9.79. The molecule has 1 atom stereocenters. The van der Waals surface area contributed by atoms with Crippen LogP contribution in [0.4, 0.5) is 0 Å². The first kappa shape index (κ1) is 20.2. The van der Waals surface area contributed by atoms with Crippen molar-refractivity contribution in [2.24, 2.45) is 7.05 Å². The number of fused-ring (bicyclic) bond motifs is 4. The summed E-state index contributed by atoms with van der Waals surface area (Å²) >= 11 is 0. The lowest BCUT2D eigenvalue weighted by molar-refractivity contribution is -0.122. The van der Waals surface area contributed by atoms with E-state index in [9.17, 15) is 14.9 Å². The Morgan fingerprint density at radius 2 is 2.06 bits per heavy atom. The molecular formula is C23H21N5O3. The molecule has 4 bridgehead atoms. The largest absolute Gasteiger partial charge is 0.456 e. The highest BCUT2D eigenvalue weighted by molar-refractivity contribution is 5.94. The van der Waals surface area contributed by atoms with Crippen LogP contribution in [0, 0.1) is 11.3 Å². The second-order valence-corrected chi connectivity index (χ2v) is 7.52. The molecular weight excluding hydrogens is 394 g/mol. The number of amides is 2. The average Bonchev–Trinajstić information content (AvgIpc) is 3.19. The van der Waals surface area contributed by atoms with Gasteiger partial charge in [0.2, 0.25) is 5.91 Å². The van der Waals surface area contributed by atoms with Gasteiger partial charge in [0.05, 0.1) is 23.8 Å². The third-order valence-corrected chi connectivity index (χ3v) is 5.36. The highest BCUT2D eigenvalue weighted by atomic mass is 16.5. The Labute approximate surface area is 179 Å². The molecule has 0 saturated carbocycles. The number of nitrogens with zero attached hydrogens (tertiary/aromatic N) is 3. The van der Waals surface area contributed by atoms with E-state index in [0.29, 0.717) is 22.6 Å². The van der Waals surface area contributed by atoms with Crippen LogP contribution in [0.5, 0.6) is 11.5 Å². The van der Waals surface area contributed by atoms with Gasteiger partial charge in [0, 0.05) is 25.6 Å². The summed E-state index contributed by atoms with van der Waals surface area (Å²) in [5.74, 6) is 0.225. The molecule has 1 aromatic heterocycles. The minimum Gasteiger partial charge on any atom is -0.456 e. The van der Waals surface area contributed by atoms with Crippen molar-refractivity contribution in [2.45, 2.75) is 18.9 Å². The summed E-state index contributed by atoms with van der Waals surface area (Å²) in [4.78, 5) is 29.4. The summed E-state index contributed by atoms with van der Waals surface area (Å²) in [6.07, 6.45) is 3.46. The SMILES string of the molecule is Cn1cncc1C1(C)NC(=O)CCNC(=O)c2cccc(c2)Oc2cc1ccc2C#N. The number of aryl methyl sites for hydroxylation is 1. The maximum absolute atomic E-state index is 12.8. The van der Waals surface area contributed by atoms with Gasteiger partial charge in [0.15, 0.2) is 0 Å². The fourth-order valence-electron chi connectivity index (χ4n) is 3.69. The first-order chi connectivity index (χ1) is 14.9. The van der Waals surface area contributed by atoms with Gasteiger partial charge in [-0.1, -0.05) is 12.1 Å². The minimum atomic E-state index is -0.940. The maximum atomic E-state index is 12.8.